The van der Waals surface area contributed by atoms with E-state index in [-0.39, 0.29) is 38.6 Å². The van der Waals surface area contributed by atoms with Crippen LogP contribution >= 0.6 is 7.82 Å². The van der Waals surface area contributed by atoms with Crippen LogP contribution < -0.4 is 5.73 Å². The summed E-state index contributed by atoms with van der Waals surface area (Å²) in [5.41, 5.74) is 5.40. The van der Waals surface area contributed by atoms with E-state index in [1.165, 1.54) is 289 Å². The number of phosphoric acid groups is 1. The minimum absolute atomic E-state index is 0.0576. The molecule has 0 saturated carbocycles. The van der Waals surface area contributed by atoms with Crippen LogP contribution in [-0.4, -0.2) is 49.3 Å². The quantitative estimate of drug-likeness (QED) is 0.0264. The smallest absolute Gasteiger partial charge is 0.462 e. The van der Waals surface area contributed by atoms with Crippen LogP contribution in [0.25, 0.3) is 0 Å². The lowest BCUT2D eigenvalue weighted by atomic mass is 10.0. The van der Waals surface area contributed by atoms with Crippen molar-refractivity contribution in [1.29, 1.82) is 0 Å². The fourth-order valence-corrected chi connectivity index (χ4v) is 10.8. The van der Waals surface area contributed by atoms with Crippen molar-refractivity contribution in [3.05, 3.63) is 12.2 Å². The van der Waals surface area contributed by atoms with Crippen LogP contribution in [0.2, 0.25) is 0 Å². The highest BCUT2D eigenvalue weighted by molar-refractivity contribution is 7.47. The third-order valence-corrected chi connectivity index (χ3v) is 15.9. The second kappa shape index (κ2) is 61.0. The summed E-state index contributed by atoms with van der Waals surface area (Å²) in [5, 5.41) is 0. The molecule has 440 valence electrons. The van der Waals surface area contributed by atoms with Crippen LogP contribution in [0.3, 0.4) is 0 Å². The normalized spacial score (nSPS) is 13.0. The van der Waals surface area contributed by atoms with E-state index in [2.05, 4.69) is 26.0 Å². The first-order valence-electron chi connectivity index (χ1n) is 32.7. The number of ether oxygens (including phenoxy) is 2. The standard InChI is InChI=1S/C64H126NO8P/c1-3-5-7-9-11-13-15-17-19-21-23-25-27-29-30-31-32-33-35-37-39-41-43-45-47-49-51-53-55-57-64(67)73-62(61-72-74(68,69)71-59-58-65)60-70-63(66)56-54-52-50-48-46-44-42-40-38-36-34-28-26-24-22-20-18-16-14-12-10-8-6-4-2/h21,23,62H,3-20,22,24-61,65H2,1-2H3,(H,68,69)/b23-21-. The number of allylic oxidation sites excluding steroid dienone is 2. The summed E-state index contributed by atoms with van der Waals surface area (Å²) in [7, 11) is -4.38. The summed E-state index contributed by atoms with van der Waals surface area (Å²) in [4.78, 5) is 35.3. The van der Waals surface area contributed by atoms with Gasteiger partial charge < -0.3 is 20.1 Å². The highest BCUT2D eigenvalue weighted by atomic mass is 31.2. The molecule has 0 aliphatic heterocycles. The fraction of sp³-hybridized carbons (Fsp3) is 0.938. The fourth-order valence-electron chi connectivity index (χ4n) is 10.0. The van der Waals surface area contributed by atoms with Crippen molar-refractivity contribution in [2.45, 2.75) is 360 Å². The Morgan fingerprint density at radius 1 is 0.392 bits per heavy atom. The monoisotopic (exact) mass is 1070 g/mol. The number of nitrogens with two attached hydrogens (primary N) is 1. The maximum Gasteiger partial charge on any atom is 0.472 e. The SMILES string of the molecule is CCCCCCCCCC/C=C\CCCCCCCCCCCCCCCCCCCC(=O)OC(COC(=O)CCCCCCCCCCCCCCCCCCCCCCCCCC)COP(=O)(O)OCCN. The number of esters is 2. The van der Waals surface area contributed by atoms with E-state index in [1.54, 1.807) is 0 Å². The predicted octanol–water partition coefficient (Wildman–Crippen LogP) is 20.8. The van der Waals surface area contributed by atoms with Gasteiger partial charge >= 0.3 is 19.8 Å². The Kier molecular flexibility index (Phi) is 59.9. The molecule has 74 heavy (non-hydrogen) atoms. The summed E-state index contributed by atoms with van der Waals surface area (Å²) in [5.74, 6) is -0.802. The zero-order chi connectivity index (χ0) is 53.8. The van der Waals surface area contributed by atoms with Gasteiger partial charge in [0.05, 0.1) is 13.2 Å². The molecule has 0 aromatic rings. The molecule has 3 N–H and O–H groups in total. The molecule has 0 bridgehead atoms. The van der Waals surface area contributed by atoms with Crippen molar-refractivity contribution in [1.82, 2.24) is 0 Å². The average Bonchev–Trinajstić information content (AvgIpc) is 3.39. The summed E-state index contributed by atoms with van der Waals surface area (Å²) in [6, 6.07) is 0. The van der Waals surface area contributed by atoms with Crippen molar-refractivity contribution in [2.75, 3.05) is 26.4 Å². The van der Waals surface area contributed by atoms with Crippen molar-refractivity contribution in [3.63, 3.8) is 0 Å². The number of carbonyl (C=O) groups excluding carboxylic acids is 2. The van der Waals surface area contributed by atoms with Gasteiger partial charge in [-0.2, -0.15) is 0 Å². The first-order valence-corrected chi connectivity index (χ1v) is 34.2. The van der Waals surface area contributed by atoms with Gasteiger partial charge in [0, 0.05) is 19.4 Å². The first-order chi connectivity index (χ1) is 36.3. The molecule has 0 spiro atoms. The van der Waals surface area contributed by atoms with Gasteiger partial charge in [-0.15, -0.1) is 0 Å². The molecule has 9 nitrogen and oxygen atoms in total. The third kappa shape index (κ3) is 60.0. The first kappa shape index (κ1) is 72.8. The number of carbonyl (C=O) groups is 2. The minimum Gasteiger partial charge on any atom is -0.462 e. The van der Waals surface area contributed by atoms with Gasteiger partial charge in [-0.25, -0.2) is 4.57 Å². The molecule has 0 radical (unpaired) electrons. The van der Waals surface area contributed by atoms with Crippen LogP contribution in [-0.2, 0) is 32.7 Å². The van der Waals surface area contributed by atoms with E-state index in [9.17, 15) is 19.0 Å². The topological polar surface area (TPSA) is 134 Å². The summed E-state index contributed by atoms with van der Waals surface area (Å²) < 4.78 is 33.1. The van der Waals surface area contributed by atoms with Gasteiger partial charge in [-0.05, 0) is 38.5 Å². The molecule has 0 saturated heterocycles. The van der Waals surface area contributed by atoms with Gasteiger partial charge in [-0.1, -0.05) is 315 Å². The molecule has 2 unspecified atom stereocenters. The van der Waals surface area contributed by atoms with Crippen molar-refractivity contribution in [2.24, 2.45) is 5.73 Å². The molecule has 0 amide bonds. The summed E-state index contributed by atoms with van der Waals surface area (Å²) in [6.07, 6.45) is 71.5. The van der Waals surface area contributed by atoms with Gasteiger partial charge in [0.1, 0.15) is 6.61 Å². The van der Waals surface area contributed by atoms with Gasteiger partial charge in [-0.3, -0.25) is 18.6 Å². The number of hydrogen-bond donors (Lipinski definition) is 2. The highest BCUT2D eigenvalue weighted by Gasteiger charge is 2.26. The Morgan fingerprint density at radius 2 is 0.662 bits per heavy atom. The van der Waals surface area contributed by atoms with Crippen LogP contribution in [0, 0.1) is 0 Å². The van der Waals surface area contributed by atoms with Gasteiger partial charge in [0.25, 0.3) is 0 Å². The molecular weight excluding hydrogens is 942 g/mol. The van der Waals surface area contributed by atoms with Crippen molar-refractivity contribution in [3.8, 4) is 0 Å². The Hall–Kier alpha value is -1.25. The number of unbranched alkanes of at least 4 members (excludes halogenated alkanes) is 48. The molecule has 0 heterocycles. The molecule has 2 atom stereocenters. The molecule has 10 heteroatoms. The van der Waals surface area contributed by atoms with E-state index in [1.807, 2.05) is 0 Å². The van der Waals surface area contributed by atoms with Crippen molar-refractivity contribution >= 4 is 19.8 Å². The van der Waals surface area contributed by atoms with E-state index in [0.717, 1.165) is 32.1 Å². The molecule has 0 aliphatic carbocycles. The molecular formula is C64H126NO8P. The Morgan fingerprint density at radius 3 is 0.959 bits per heavy atom. The van der Waals surface area contributed by atoms with E-state index >= 15 is 0 Å². The minimum atomic E-state index is -4.38. The number of rotatable bonds is 63. The van der Waals surface area contributed by atoms with Crippen LogP contribution in [0.1, 0.15) is 354 Å². The second-order valence-corrected chi connectivity index (χ2v) is 23.8. The number of phosphoric ester groups is 1. The zero-order valence-electron chi connectivity index (χ0n) is 49.4. The van der Waals surface area contributed by atoms with Crippen molar-refractivity contribution < 1.29 is 37.6 Å². The highest BCUT2D eigenvalue weighted by Crippen LogP contribution is 2.43. The van der Waals surface area contributed by atoms with Gasteiger partial charge in [0.15, 0.2) is 6.10 Å². The van der Waals surface area contributed by atoms with Gasteiger partial charge in [0.2, 0.25) is 0 Å². The molecule has 0 aromatic carbocycles. The Labute approximate surface area is 460 Å². The van der Waals surface area contributed by atoms with Crippen LogP contribution in [0.5, 0.6) is 0 Å². The summed E-state index contributed by atoms with van der Waals surface area (Å²) in [6.45, 7) is 3.83. The van der Waals surface area contributed by atoms with E-state index < -0.39 is 26.5 Å². The second-order valence-electron chi connectivity index (χ2n) is 22.3. The van der Waals surface area contributed by atoms with E-state index in [4.69, 9.17) is 24.3 Å². The zero-order valence-corrected chi connectivity index (χ0v) is 50.3. The lowest BCUT2D eigenvalue weighted by Crippen LogP contribution is -2.29. The Bertz CT molecular complexity index is 1220. The van der Waals surface area contributed by atoms with E-state index in [0.29, 0.717) is 6.42 Å². The lowest BCUT2D eigenvalue weighted by Gasteiger charge is -2.19. The molecule has 0 rings (SSSR count). The van der Waals surface area contributed by atoms with Crippen LogP contribution in [0.4, 0.5) is 0 Å². The predicted molar refractivity (Wildman–Crippen MR) is 317 cm³/mol. The van der Waals surface area contributed by atoms with Crippen LogP contribution in [0.15, 0.2) is 12.2 Å². The largest absolute Gasteiger partial charge is 0.472 e. The Balaban J connectivity index is 3.85. The molecule has 0 aromatic heterocycles. The lowest BCUT2D eigenvalue weighted by molar-refractivity contribution is -0.161. The maximum atomic E-state index is 12.7. The molecule has 0 fully saturated rings. The summed E-state index contributed by atoms with van der Waals surface area (Å²) >= 11 is 0. The average molecular weight is 1070 g/mol. The third-order valence-electron chi connectivity index (χ3n) is 14.9. The maximum absolute atomic E-state index is 12.7. The molecule has 0 aliphatic rings. The number of hydrogen-bond acceptors (Lipinski definition) is 8.